The van der Waals surface area contributed by atoms with Crippen molar-refractivity contribution >= 4 is 34.0 Å². The van der Waals surface area contributed by atoms with Crippen LogP contribution in [0.2, 0.25) is 5.15 Å². The third-order valence-corrected chi connectivity index (χ3v) is 3.34. The molecule has 1 amide bonds. The molecule has 6 heteroatoms. The maximum absolute atomic E-state index is 10.9. The Labute approximate surface area is 119 Å². The van der Waals surface area contributed by atoms with Crippen LogP contribution >= 0.6 is 22.9 Å². The summed E-state index contributed by atoms with van der Waals surface area (Å²) in [4.78, 5) is 19.9. The average Bonchev–Trinajstić information content (AvgIpc) is 2.68. The quantitative estimate of drug-likeness (QED) is 0.649. The van der Waals surface area contributed by atoms with Crippen LogP contribution in [-0.4, -0.2) is 15.9 Å². The Balaban J connectivity index is 2.22. The van der Waals surface area contributed by atoms with Gasteiger partial charge in [-0.05, 0) is 25.0 Å². The second-order valence-electron chi connectivity index (χ2n) is 3.73. The van der Waals surface area contributed by atoms with Gasteiger partial charge < -0.3 is 5.32 Å². The molecule has 0 spiro atoms. The number of halogens is 1. The van der Waals surface area contributed by atoms with Crippen LogP contribution < -0.4 is 5.32 Å². The fourth-order valence-corrected chi connectivity index (χ4v) is 2.27. The molecule has 0 bridgehead atoms. The largest absolute Gasteiger partial charge is 0.302 e. The van der Waals surface area contributed by atoms with Gasteiger partial charge in [-0.1, -0.05) is 28.9 Å². The van der Waals surface area contributed by atoms with Gasteiger partial charge in [0.15, 0.2) is 5.13 Å². The van der Waals surface area contributed by atoms with Gasteiger partial charge in [0.1, 0.15) is 10.0 Å². The van der Waals surface area contributed by atoms with Crippen LogP contribution in [-0.2, 0) is 4.79 Å². The number of aryl methyl sites for hydroxylation is 1. The highest BCUT2D eigenvalue weighted by Crippen LogP contribution is 2.21. The van der Waals surface area contributed by atoms with Crippen molar-refractivity contribution in [1.82, 2.24) is 9.97 Å². The molecule has 19 heavy (non-hydrogen) atoms. The molecule has 0 aliphatic heterocycles. The van der Waals surface area contributed by atoms with Crippen molar-refractivity contribution in [3.8, 4) is 11.8 Å². The Morgan fingerprint density at radius 1 is 1.42 bits per heavy atom. The van der Waals surface area contributed by atoms with E-state index in [4.69, 9.17) is 11.6 Å². The lowest BCUT2D eigenvalue weighted by molar-refractivity contribution is -0.114. The number of hydrogen-bond acceptors (Lipinski definition) is 4. The van der Waals surface area contributed by atoms with E-state index in [2.05, 4.69) is 27.1 Å². The number of carbonyl (C=O) groups is 1. The number of rotatable bonds is 1. The second-order valence-corrected chi connectivity index (χ2v) is 5.12. The van der Waals surface area contributed by atoms with Crippen LogP contribution in [0.4, 0.5) is 5.13 Å². The van der Waals surface area contributed by atoms with Gasteiger partial charge in [-0.3, -0.25) is 4.79 Å². The smallest absolute Gasteiger partial charge is 0.223 e. The van der Waals surface area contributed by atoms with Gasteiger partial charge in [-0.15, -0.1) is 0 Å². The molecule has 0 aliphatic carbocycles. The van der Waals surface area contributed by atoms with Gasteiger partial charge in [-0.2, -0.15) is 0 Å². The van der Waals surface area contributed by atoms with Crippen LogP contribution in [0, 0.1) is 18.8 Å². The minimum absolute atomic E-state index is 0.143. The molecular formula is C13H10ClN3OS. The number of nitrogens with zero attached hydrogens (tertiary/aromatic N) is 2. The van der Waals surface area contributed by atoms with Crippen LogP contribution in [0.5, 0.6) is 0 Å². The molecule has 2 aromatic heterocycles. The van der Waals surface area contributed by atoms with E-state index in [0.29, 0.717) is 10.3 Å². The predicted molar refractivity (Wildman–Crippen MR) is 76.4 cm³/mol. The standard InChI is InChI=1S/C13H10ClN3OS/c1-8-11(19-13(16-8)17-9(2)18)5-3-10-4-6-12(14)15-7-10/h4,6-7H,1-2H3,(H,16,17,18). The molecule has 2 aromatic rings. The molecule has 0 aromatic carbocycles. The molecule has 1 N–H and O–H groups in total. The lowest BCUT2D eigenvalue weighted by atomic mass is 10.3. The molecule has 2 heterocycles. The molecule has 2 rings (SSSR count). The maximum Gasteiger partial charge on any atom is 0.223 e. The third-order valence-electron chi connectivity index (χ3n) is 2.13. The molecule has 96 valence electrons. The summed E-state index contributed by atoms with van der Waals surface area (Å²) in [5.41, 5.74) is 1.57. The number of aromatic nitrogens is 2. The predicted octanol–water partition coefficient (Wildman–Crippen LogP) is 2.86. The zero-order valence-corrected chi connectivity index (χ0v) is 11.9. The Kier molecular flexibility index (Phi) is 4.15. The van der Waals surface area contributed by atoms with Crippen molar-refractivity contribution in [3.63, 3.8) is 0 Å². The molecule has 0 radical (unpaired) electrons. The molecule has 0 fully saturated rings. The molecular weight excluding hydrogens is 282 g/mol. The minimum atomic E-state index is -0.143. The van der Waals surface area contributed by atoms with Crippen molar-refractivity contribution in [2.24, 2.45) is 0 Å². The molecule has 0 aliphatic rings. The second kappa shape index (κ2) is 5.83. The molecule has 0 atom stereocenters. The van der Waals surface area contributed by atoms with E-state index in [1.165, 1.54) is 18.3 Å². The number of pyridine rings is 1. The number of anilines is 1. The van der Waals surface area contributed by atoms with Gasteiger partial charge in [0.2, 0.25) is 5.91 Å². The summed E-state index contributed by atoms with van der Waals surface area (Å²) in [6.45, 7) is 3.30. The summed E-state index contributed by atoms with van der Waals surface area (Å²) in [6.07, 6.45) is 1.61. The minimum Gasteiger partial charge on any atom is -0.302 e. The van der Waals surface area contributed by atoms with E-state index in [9.17, 15) is 4.79 Å². The van der Waals surface area contributed by atoms with Crippen LogP contribution in [0.15, 0.2) is 18.3 Å². The summed E-state index contributed by atoms with van der Waals surface area (Å²) >= 11 is 7.05. The van der Waals surface area contributed by atoms with E-state index in [1.54, 1.807) is 18.3 Å². The zero-order valence-electron chi connectivity index (χ0n) is 10.3. The summed E-state index contributed by atoms with van der Waals surface area (Å²) in [5.74, 6) is 5.85. The fourth-order valence-electron chi connectivity index (χ4n) is 1.30. The summed E-state index contributed by atoms with van der Waals surface area (Å²) in [6, 6.07) is 3.49. The van der Waals surface area contributed by atoms with E-state index in [0.717, 1.165) is 16.1 Å². The van der Waals surface area contributed by atoms with Crippen molar-refractivity contribution in [1.29, 1.82) is 0 Å². The average molecular weight is 292 g/mol. The first-order valence-corrected chi connectivity index (χ1v) is 6.62. The number of thiazole rings is 1. The number of carbonyl (C=O) groups excluding carboxylic acids is 1. The Morgan fingerprint density at radius 3 is 2.84 bits per heavy atom. The van der Waals surface area contributed by atoms with E-state index in [-0.39, 0.29) is 5.91 Å². The summed E-state index contributed by atoms with van der Waals surface area (Å²) in [7, 11) is 0. The third kappa shape index (κ3) is 3.78. The van der Waals surface area contributed by atoms with Gasteiger partial charge >= 0.3 is 0 Å². The lowest BCUT2D eigenvalue weighted by Crippen LogP contribution is -2.04. The Hall–Kier alpha value is -1.90. The van der Waals surface area contributed by atoms with Crippen molar-refractivity contribution < 1.29 is 4.79 Å². The lowest BCUT2D eigenvalue weighted by Gasteiger charge is -1.91. The maximum atomic E-state index is 10.9. The van der Waals surface area contributed by atoms with Crippen molar-refractivity contribution in [2.45, 2.75) is 13.8 Å². The Morgan fingerprint density at radius 2 is 2.21 bits per heavy atom. The van der Waals surface area contributed by atoms with Gasteiger partial charge in [-0.25, -0.2) is 9.97 Å². The zero-order chi connectivity index (χ0) is 13.8. The fraction of sp³-hybridized carbons (Fsp3) is 0.154. The first-order valence-electron chi connectivity index (χ1n) is 5.43. The van der Waals surface area contributed by atoms with E-state index in [1.807, 2.05) is 6.92 Å². The summed E-state index contributed by atoms with van der Waals surface area (Å²) in [5, 5.41) is 3.64. The van der Waals surface area contributed by atoms with Gasteiger partial charge in [0.25, 0.3) is 0 Å². The first-order chi connectivity index (χ1) is 9.04. The van der Waals surface area contributed by atoms with E-state index < -0.39 is 0 Å². The highest BCUT2D eigenvalue weighted by atomic mass is 35.5. The molecule has 4 nitrogen and oxygen atoms in total. The highest BCUT2D eigenvalue weighted by molar-refractivity contribution is 7.16. The molecule has 0 saturated carbocycles. The normalized spacial score (nSPS) is 9.63. The summed E-state index contributed by atoms with van der Waals surface area (Å²) < 4.78 is 0. The molecule has 0 saturated heterocycles. The number of amides is 1. The SMILES string of the molecule is CC(=O)Nc1nc(C)c(C#Cc2ccc(Cl)nc2)s1. The topological polar surface area (TPSA) is 54.9 Å². The van der Waals surface area contributed by atoms with Crippen molar-refractivity contribution in [2.75, 3.05) is 5.32 Å². The van der Waals surface area contributed by atoms with Crippen LogP contribution in [0.1, 0.15) is 23.1 Å². The number of hydrogen-bond donors (Lipinski definition) is 1. The number of nitrogens with one attached hydrogen (secondary N) is 1. The van der Waals surface area contributed by atoms with Crippen molar-refractivity contribution in [3.05, 3.63) is 39.6 Å². The van der Waals surface area contributed by atoms with E-state index >= 15 is 0 Å². The first kappa shape index (κ1) is 13.5. The van der Waals surface area contributed by atoms with Gasteiger partial charge in [0, 0.05) is 18.7 Å². The Bertz CT molecular complexity index is 667. The van der Waals surface area contributed by atoms with Crippen LogP contribution in [0.3, 0.4) is 0 Å². The molecule has 0 unspecified atom stereocenters. The highest BCUT2D eigenvalue weighted by Gasteiger charge is 2.06. The van der Waals surface area contributed by atoms with Gasteiger partial charge in [0.05, 0.1) is 5.69 Å². The van der Waals surface area contributed by atoms with Crippen LogP contribution in [0.25, 0.3) is 0 Å². The monoisotopic (exact) mass is 291 g/mol.